The number of nitrogens with zero attached hydrogens (tertiary/aromatic N) is 1. The van der Waals surface area contributed by atoms with E-state index in [-0.39, 0.29) is 11.3 Å². The van der Waals surface area contributed by atoms with Crippen LogP contribution in [0, 0.1) is 0 Å². The number of ether oxygens (including phenoxy) is 1. The van der Waals surface area contributed by atoms with Crippen LogP contribution in [0.5, 0.6) is 5.75 Å². The van der Waals surface area contributed by atoms with E-state index in [4.69, 9.17) is 4.74 Å². The van der Waals surface area contributed by atoms with Crippen LogP contribution in [0.15, 0.2) is 48.5 Å². The SMILES string of the molecule is C[C@@H](Oc1ccc(C(C)(C)C)cc1)C(=O)NCc1cccc(CN2CCCC2)c1. The summed E-state index contributed by atoms with van der Waals surface area (Å²) in [6.45, 7) is 12.2. The van der Waals surface area contributed by atoms with Gasteiger partial charge in [0, 0.05) is 13.1 Å². The molecular formula is C25H34N2O2. The van der Waals surface area contributed by atoms with Crippen LogP contribution >= 0.6 is 0 Å². The third-order valence-electron chi connectivity index (χ3n) is 5.47. The Hall–Kier alpha value is -2.33. The molecule has 2 aromatic carbocycles. The Morgan fingerprint density at radius 1 is 1.07 bits per heavy atom. The van der Waals surface area contributed by atoms with Gasteiger partial charge in [0.15, 0.2) is 6.10 Å². The topological polar surface area (TPSA) is 41.6 Å². The average Bonchev–Trinajstić information content (AvgIpc) is 3.19. The number of hydrogen-bond acceptors (Lipinski definition) is 3. The fourth-order valence-corrected chi connectivity index (χ4v) is 3.66. The van der Waals surface area contributed by atoms with E-state index in [1.165, 1.54) is 37.1 Å². The van der Waals surface area contributed by atoms with Gasteiger partial charge in [-0.15, -0.1) is 0 Å². The molecule has 0 bridgehead atoms. The van der Waals surface area contributed by atoms with Gasteiger partial charge < -0.3 is 10.1 Å². The second kappa shape index (κ2) is 9.45. The summed E-state index contributed by atoms with van der Waals surface area (Å²) in [6, 6.07) is 16.5. The van der Waals surface area contributed by atoms with Crippen molar-refractivity contribution >= 4 is 5.91 Å². The number of rotatable bonds is 7. The van der Waals surface area contributed by atoms with Gasteiger partial charge in [0.2, 0.25) is 0 Å². The first kappa shape index (κ1) is 21.4. The lowest BCUT2D eigenvalue weighted by molar-refractivity contribution is -0.127. The third kappa shape index (κ3) is 6.33. The molecule has 29 heavy (non-hydrogen) atoms. The average molecular weight is 395 g/mol. The number of carbonyl (C=O) groups excluding carboxylic acids is 1. The van der Waals surface area contributed by atoms with E-state index in [1.807, 2.05) is 12.1 Å². The van der Waals surface area contributed by atoms with Gasteiger partial charge in [-0.2, -0.15) is 0 Å². The van der Waals surface area contributed by atoms with Crippen molar-refractivity contribution in [1.29, 1.82) is 0 Å². The van der Waals surface area contributed by atoms with E-state index >= 15 is 0 Å². The third-order valence-corrected chi connectivity index (χ3v) is 5.47. The fourth-order valence-electron chi connectivity index (χ4n) is 3.66. The Morgan fingerprint density at radius 2 is 1.72 bits per heavy atom. The number of carbonyl (C=O) groups is 1. The highest BCUT2D eigenvalue weighted by molar-refractivity contribution is 5.80. The molecule has 1 fully saturated rings. The predicted octanol–water partition coefficient (Wildman–Crippen LogP) is 4.66. The van der Waals surface area contributed by atoms with Crippen molar-refractivity contribution in [3.63, 3.8) is 0 Å². The monoisotopic (exact) mass is 394 g/mol. The summed E-state index contributed by atoms with van der Waals surface area (Å²) < 4.78 is 5.83. The molecule has 1 saturated heterocycles. The number of likely N-dealkylation sites (tertiary alicyclic amines) is 1. The van der Waals surface area contributed by atoms with Crippen molar-refractivity contribution in [3.05, 3.63) is 65.2 Å². The second-order valence-corrected chi connectivity index (χ2v) is 9.06. The van der Waals surface area contributed by atoms with Crippen LogP contribution < -0.4 is 10.1 Å². The van der Waals surface area contributed by atoms with E-state index in [0.29, 0.717) is 12.3 Å². The maximum atomic E-state index is 12.5. The van der Waals surface area contributed by atoms with E-state index < -0.39 is 6.10 Å². The standard InChI is InChI=1S/C25H34N2O2/c1-19(29-23-12-10-22(11-13-23)25(2,3)4)24(28)26-17-20-8-7-9-21(16-20)18-27-14-5-6-15-27/h7-13,16,19H,5-6,14-15,17-18H2,1-4H3,(H,26,28)/t19-/m1/s1. The summed E-state index contributed by atoms with van der Waals surface area (Å²) >= 11 is 0. The summed E-state index contributed by atoms with van der Waals surface area (Å²) in [5, 5.41) is 3.00. The lowest BCUT2D eigenvalue weighted by Crippen LogP contribution is -2.35. The Morgan fingerprint density at radius 3 is 2.38 bits per heavy atom. The van der Waals surface area contributed by atoms with Crippen LogP contribution in [0.1, 0.15) is 57.2 Å². The lowest BCUT2D eigenvalue weighted by Gasteiger charge is -2.20. The normalized spacial score (nSPS) is 15.9. The fraction of sp³-hybridized carbons (Fsp3) is 0.480. The molecule has 1 amide bonds. The molecule has 3 rings (SSSR count). The van der Waals surface area contributed by atoms with Crippen LogP contribution in [0.25, 0.3) is 0 Å². The summed E-state index contributed by atoms with van der Waals surface area (Å²) in [5.41, 5.74) is 3.78. The molecule has 2 aromatic rings. The second-order valence-electron chi connectivity index (χ2n) is 9.06. The molecule has 0 radical (unpaired) electrons. The van der Waals surface area contributed by atoms with Crippen LogP contribution in [0.2, 0.25) is 0 Å². The van der Waals surface area contributed by atoms with Gasteiger partial charge in [-0.05, 0) is 67.1 Å². The summed E-state index contributed by atoms with van der Waals surface area (Å²) in [7, 11) is 0. The predicted molar refractivity (Wildman–Crippen MR) is 118 cm³/mol. The summed E-state index contributed by atoms with van der Waals surface area (Å²) in [4.78, 5) is 15.0. The number of nitrogens with one attached hydrogen (secondary N) is 1. The smallest absolute Gasteiger partial charge is 0.261 e. The number of hydrogen-bond donors (Lipinski definition) is 1. The van der Waals surface area contributed by atoms with Gasteiger partial charge in [0.05, 0.1) is 0 Å². The first-order valence-electron chi connectivity index (χ1n) is 10.7. The molecule has 156 valence electrons. The Labute approximate surface area is 175 Å². The van der Waals surface area contributed by atoms with Crippen molar-refractivity contribution < 1.29 is 9.53 Å². The molecule has 0 aromatic heterocycles. The zero-order valence-electron chi connectivity index (χ0n) is 18.2. The molecule has 0 unspecified atom stereocenters. The van der Waals surface area contributed by atoms with Gasteiger partial charge in [-0.25, -0.2) is 0 Å². The highest BCUT2D eigenvalue weighted by Gasteiger charge is 2.17. The molecule has 1 aliphatic heterocycles. The van der Waals surface area contributed by atoms with E-state index in [0.717, 1.165) is 12.1 Å². The van der Waals surface area contributed by atoms with E-state index in [9.17, 15) is 4.79 Å². The number of benzene rings is 2. The first-order chi connectivity index (χ1) is 13.8. The minimum Gasteiger partial charge on any atom is -0.481 e. The van der Waals surface area contributed by atoms with Gasteiger partial charge >= 0.3 is 0 Å². The minimum atomic E-state index is -0.539. The molecule has 0 spiro atoms. The van der Waals surface area contributed by atoms with Crippen molar-refractivity contribution in [1.82, 2.24) is 10.2 Å². The van der Waals surface area contributed by atoms with Crippen molar-refractivity contribution in [2.75, 3.05) is 13.1 Å². The molecule has 0 saturated carbocycles. The van der Waals surface area contributed by atoms with Gasteiger partial charge in [-0.1, -0.05) is 57.2 Å². The maximum absolute atomic E-state index is 12.5. The largest absolute Gasteiger partial charge is 0.481 e. The summed E-state index contributed by atoms with van der Waals surface area (Å²) in [6.07, 6.45) is 2.06. The molecule has 1 atom stereocenters. The Balaban J connectivity index is 1.49. The molecule has 4 nitrogen and oxygen atoms in total. The molecule has 0 aliphatic carbocycles. The van der Waals surface area contributed by atoms with Gasteiger partial charge in [0.1, 0.15) is 5.75 Å². The Bertz CT molecular complexity index is 802. The van der Waals surface area contributed by atoms with E-state index in [1.54, 1.807) is 6.92 Å². The maximum Gasteiger partial charge on any atom is 0.261 e. The quantitative estimate of drug-likeness (QED) is 0.742. The zero-order chi connectivity index (χ0) is 20.9. The molecule has 4 heteroatoms. The lowest BCUT2D eigenvalue weighted by atomic mass is 9.87. The molecule has 1 N–H and O–H groups in total. The molecule has 1 heterocycles. The van der Waals surface area contributed by atoms with Crippen LogP contribution in [-0.2, 0) is 23.3 Å². The van der Waals surface area contributed by atoms with E-state index in [2.05, 4.69) is 67.4 Å². The first-order valence-corrected chi connectivity index (χ1v) is 10.7. The molecule has 1 aliphatic rings. The molecular weight excluding hydrogens is 360 g/mol. The van der Waals surface area contributed by atoms with Gasteiger partial charge in [0.25, 0.3) is 5.91 Å². The summed E-state index contributed by atoms with van der Waals surface area (Å²) in [5.74, 6) is 0.614. The number of amides is 1. The van der Waals surface area contributed by atoms with Crippen molar-refractivity contribution in [3.8, 4) is 5.75 Å². The van der Waals surface area contributed by atoms with Crippen LogP contribution in [-0.4, -0.2) is 30.0 Å². The van der Waals surface area contributed by atoms with Crippen molar-refractivity contribution in [2.24, 2.45) is 0 Å². The van der Waals surface area contributed by atoms with Gasteiger partial charge in [-0.3, -0.25) is 9.69 Å². The van der Waals surface area contributed by atoms with Crippen LogP contribution in [0.4, 0.5) is 0 Å². The van der Waals surface area contributed by atoms with Crippen molar-refractivity contribution in [2.45, 2.75) is 65.1 Å². The highest BCUT2D eigenvalue weighted by atomic mass is 16.5. The minimum absolute atomic E-state index is 0.102. The Kier molecular flexibility index (Phi) is 6.96. The zero-order valence-corrected chi connectivity index (χ0v) is 18.2. The highest BCUT2D eigenvalue weighted by Crippen LogP contribution is 2.24. The van der Waals surface area contributed by atoms with Crippen LogP contribution in [0.3, 0.4) is 0 Å².